The zero-order valence-electron chi connectivity index (χ0n) is 48.4. The highest BCUT2D eigenvalue weighted by Gasteiger charge is 2.20. The second-order valence-electron chi connectivity index (χ2n) is 19.3. The summed E-state index contributed by atoms with van der Waals surface area (Å²) >= 11 is 0. The molecule has 452 valence electrons. The van der Waals surface area contributed by atoms with Gasteiger partial charge >= 0.3 is 35.8 Å². The SMILES string of the molecule is C=CC(=O)OCCCCCCOc1ccc(C(=O)Oc2cc(OCCCCCCOC(=O)C=C)c(OC(=O)c3ccc(OCCCCCCOC(=O)C=C)cc3)cc2/C=N/Nc2ccc3ccc(OCCCCCCOC(=O)C=C)cc3c2)cc1. The Morgan fingerprint density at radius 2 is 0.741 bits per heavy atom. The van der Waals surface area contributed by atoms with E-state index in [9.17, 15) is 28.8 Å². The summed E-state index contributed by atoms with van der Waals surface area (Å²) in [5.74, 6) is -1.09. The van der Waals surface area contributed by atoms with E-state index in [2.05, 4.69) is 36.8 Å². The van der Waals surface area contributed by atoms with Gasteiger partial charge in [0.15, 0.2) is 11.5 Å². The van der Waals surface area contributed by atoms with Crippen LogP contribution in [0, 0.1) is 0 Å². The lowest BCUT2D eigenvalue weighted by atomic mass is 10.1. The maximum Gasteiger partial charge on any atom is 0.343 e. The first-order chi connectivity index (χ1) is 41.5. The van der Waals surface area contributed by atoms with Crippen LogP contribution in [-0.2, 0) is 38.1 Å². The molecule has 18 nitrogen and oxygen atoms in total. The van der Waals surface area contributed by atoms with Crippen molar-refractivity contribution in [2.75, 3.05) is 58.3 Å². The van der Waals surface area contributed by atoms with Gasteiger partial charge in [-0.25, -0.2) is 28.8 Å². The number of anilines is 1. The predicted octanol–water partition coefficient (Wildman–Crippen LogP) is 13.4. The van der Waals surface area contributed by atoms with Crippen LogP contribution in [0.25, 0.3) is 10.8 Å². The summed E-state index contributed by atoms with van der Waals surface area (Å²) in [5, 5.41) is 6.43. The zero-order chi connectivity index (χ0) is 60.7. The van der Waals surface area contributed by atoms with Crippen molar-refractivity contribution in [1.29, 1.82) is 0 Å². The second kappa shape index (κ2) is 39.3. The van der Waals surface area contributed by atoms with Crippen LogP contribution in [0.1, 0.15) is 129 Å². The van der Waals surface area contributed by atoms with Gasteiger partial charge in [0.25, 0.3) is 0 Å². The van der Waals surface area contributed by atoms with Gasteiger partial charge in [0, 0.05) is 35.9 Å². The molecule has 0 aromatic heterocycles. The van der Waals surface area contributed by atoms with Crippen LogP contribution in [0.3, 0.4) is 0 Å². The molecule has 5 aromatic rings. The minimum Gasteiger partial charge on any atom is -0.494 e. The molecule has 85 heavy (non-hydrogen) atoms. The number of carbonyl (C=O) groups excluding carboxylic acids is 6. The number of rotatable bonds is 43. The number of fused-ring (bicyclic) bond motifs is 1. The number of carbonyl (C=O) groups is 6. The Balaban J connectivity index is 1.33. The third kappa shape index (κ3) is 26.3. The zero-order valence-corrected chi connectivity index (χ0v) is 48.4. The van der Waals surface area contributed by atoms with Crippen molar-refractivity contribution in [2.24, 2.45) is 5.10 Å². The predicted molar refractivity (Wildman–Crippen MR) is 325 cm³/mol. The summed E-state index contributed by atoms with van der Waals surface area (Å²) in [6.45, 7) is 16.6. The van der Waals surface area contributed by atoms with Crippen molar-refractivity contribution in [2.45, 2.75) is 103 Å². The Bertz CT molecular complexity index is 2990. The molecule has 18 heteroatoms. The van der Waals surface area contributed by atoms with Crippen molar-refractivity contribution in [3.05, 3.63) is 164 Å². The second-order valence-corrected chi connectivity index (χ2v) is 19.3. The number of unbranched alkanes of at least 4 members (excludes halogenated alkanes) is 12. The Kier molecular flexibility index (Phi) is 30.8. The molecule has 0 unspecified atom stereocenters. The van der Waals surface area contributed by atoms with Gasteiger partial charge in [-0.2, -0.15) is 5.10 Å². The average Bonchev–Trinajstić information content (AvgIpc) is 3.50. The largest absolute Gasteiger partial charge is 0.494 e. The summed E-state index contributed by atoms with van der Waals surface area (Å²) < 4.78 is 56.6. The molecular formula is C67H78N2O16. The van der Waals surface area contributed by atoms with Crippen LogP contribution in [0.5, 0.6) is 34.5 Å². The van der Waals surface area contributed by atoms with E-state index >= 15 is 0 Å². The molecule has 0 saturated heterocycles. The third-order valence-corrected chi connectivity index (χ3v) is 12.7. The molecule has 0 bridgehead atoms. The molecular weight excluding hydrogens is 1090 g/mol. The van der Waals surface area contributed by atoms with Crippen LogP contribution >= 0.6 is 0 Å². The molecule has 0 radical (unpaired) electrons. The fourth-order valence-electron chi connectivity index (χ4n) is 8.10. The van der Waals surface area contributed by atoms with Gasteiger partial charge in [-0.05, 0) is 192 Å². The van der Waals surface area contributed by atoms with Crippen LogP contribution in [-0.4, -0.2) is 94.9 Å². The van der Waals surface area contributed by atoms with E-state index < -0.39 is 35.8 Å². The summed E-state index contributed by atoms with van der Waals surface area (Å²) in [7, 11) is 0. The molecule has 0 amide bonds. The van der Waals surface area contributed by atoms with Crippen molar-refractivity contribution >= 4 is 58.5 Å². The maximum absolute atomic E-state index is 14.0. The van der Waals surface area contributed by atoms with Gasteiger partial charge in [-0.3, -0.25) is 5.43 Å². The van der Waals surface area contributed by atoms with Crippen LogP contribution in [0.15, 0.2) is 153 Å². The van der Waals surface area contributed by atoms with E-state index in [-0.39, 0.29) is 47.2 Å². The van der Waals surface area contributed by atoms with Gasteiger partial charge in [0.2, 0.25) is 0 Å². The molecule has 0 heterocycles. The molecule has 0 aliphatic heterocycles. The number of ether oxygens (including phenoxy) is 10. The number of hydrogen-bond donors (Lipinski definition) is 1. The highest BCUT2D eigenvalue weighted by atomic mass is 16.6. The van der Waals surface area contributed by atoms with Crippen molar-refractivity contribution < 1.29 is 76.1 Å². The highest BCUT2D eigenvalue weighted by molar-refractivity contribution is 5.95. The Hall–Kier alpha value is -9.19. The number of benzene rings is 5. The van der Waals surface area contributed by atoms with Gasteiger partial charge in [-0.1, -0.05) is 38.4 Å². The first-order valence-electron chi connectivity index (χ1n) is 28.8. The monoisotopic (exact) mass is 1170 g/mol. The molecule has 0 aliphatic carbocycles. The van der Waals surface area contributed by atoms with Crippen LogP contribution in [0.2, 0.25) is 0 Å². The van der Waals surface area contributed by atoms with Crippen molar-refractivity contribution in [1.82, 2.24) is 0 Å². The number of hydrogen-bond acceptors (Lipinski definition) is 18. The molecule has 0 fully saturated rings. The van der Waals surface area contributed by atoms with Crippen molar-refractivity contribution in [3.8, 4) is 34.5 Å². The smallest absolute Gasteiger partial charge is 0.343 e. The van der Waals surface area contributed by atoms with E-state index in [1.54, 1.807) is 48.5 Å². The van der Waals surface area contributed by atoms with E-state index in [0.717, 1.165) is 125 Å². The Morgan fingerprint density at radius 1 is 0.365 bits per heavy atom. The van der Waals surface area contributed by atoms with E-state index in [4.69, 9.17) is 47.4 Å². The molecule has 0 aliphatic rings. The fourth-order valence-corrected chi connectivity index (χ4v) is 8.10. The normalized spacial score (nSPS) is 10.7. The number of nitrogens with zero attached hydrogens (tertiary/aromatic N) is 1. The lowest BCUT2D eigenvalue weighted by Crippen LogP contribution is -2.13. The van der Waals surface area contributed by atoms with Gasteiger partial charge in [0.05, 0.1) is 75.9 Å². The fraction of sp³-hybridized carbons (Fsp3) is 0.358. The van der Waals surface area contributed by atoms with Crippen LogP contribution < -0.4 is 33.8 Å². The minimum atomic E-state index is -0.689. The topological polar surface area (TPSA) is 219 Å². The number of esters is 6. The Labute approximate surface area is 497 Å². The molecule has 5 rings (SSSR count). The lowest BCUT2D eigenvalue weighted by Gasteiger charge is -2.16. The first-order valence-corrected chi connectivity index (χ1v) is 28.8. The summed E-state index contributed by atoms with van der Waals surface area (Å²) in [6.07, 6.45) is 18.7. The summed E-state index contributed by atoms with van der Waals surface area (Å²) in [4.78, 5) is 73.2. The lowest BCUT2D eigenvalue weighted by molar-refractivity contribution is -0.138. The van der Waals surface area contributed by atoms with Gasteiger partial charge in [-0.15, -0.1) is 0 Å². The van der Waals surface area contributed by atoms with Gasteiger partial charge in [0.1, 0.15) is 23.0 Å². The quantitative estimate of drug-likeness (QED) is 0.00729. The van der Waals surface area contributed by atoms with Crippen LogP contribution in [0.4, 0.5) is 5.69 Å². The maximum atomic E-state index is 14.0. The standard InChI is InChI=1S/C67H78N2O16/c1-5-62(70)80-41-21-13-9-17-37-76-56-32-27-51(28-33-56)66(74)84-59-48-60(79-40-20-12-16-24-44-83-65(73)8-4)61(85-67(75)52-29-34-57(35-30-52)77-38-18-10-14-22-42-81-63(71)6-2)47-54(59)49-68-69-55-31-25-50-26-36-58(46-53(50)45-55)78-39-19-11-15-23-43-82-64(72)7-3/h5-8,25-36,45-49,69H,1-4,9-24,37-44H2/b68-49+. The summed E-state index contributed by atoms with van der Waals surface area (Å²) in [5.41, 5.74) is 4.46. The molecule has 0 saturated carbocycles. The highest BCUT2D eigenvalue weighted by Crippen LogP contribution is 2.36. The third-order valence-electron chi connectivity index (χ3n) is 12.7. The van der Waals surface area contributed by atoms with E-state index in [1.165, 1.54) is 18.3 Å². The van der Waals surface area contributed by atoms with E-state index in [1.807, 2.05) is 36.4 Å². The summed E-state index contributed by atoms with van der Waals surface area (Å²) in [6, 6.07) is 27.7. The average molecular weight is 1170 g/mol. The molecule has 1 N–H and O–H groups in total. The minimum absolute atomic E-state index is 0.0343. The molecule has 0 spiro atoms. The number of hydrazone groups is 1. The first kappa shape index (κ1) is 66.6. The number of nitrogens with one attached hydrogen (secondary N) is 1. The van der Waals surface area contributed by atoms with Gasteiger partial charge < -0.3 is 47.4 Å². The van der Waals surface area contributed by atoms with E-state index in [0.29, 0.717) is 75.4 Å². The Morgan fingerprint density at radius 3 is 1.18 bits per heavy atom. The molecule has 0 atom stereocenters. The van der Waals surface area contributed by atoms with Crippen molar-refractivity contribution in [3.63, 3.8) is 0 Å². The molecule has 5 aromatic carbocycles.